The molecule has 1 saturated carbocycles. The minimum absolute atomic E-state index is 0.000715. The van der Waals surface area contributed by atoms with Crippen molar-refractivity contribution in [2.75, 3.05) is 11.9 Å². The first-order valence-corrected chi connectivity index (χ1v) is 10.3. The summed E-state index contributed by atoms with van der Waals surface area (Å²) in [5.74, 6) is -0.0486. The lowest BCUT2D eigenvalue weighted by atomic mass is 9.74. The summed E-state index contributed by atoms with van der Waals surface area (Å²) in [5.41, 5.74) is 2.64. The van der Waals surface area contributed by atoms with Gasteiger partial charge in [-0.05, 0) is 54.7 Å². The van der Waals surface area contributed by atoms with Crippen LogP contribution in [0.3, 0.4) is 0 Å². The number of hydrogen-bond acceptors (Lipinski definition) is 4. The summed E-state index contributed by atoms with van der Waals surface area (Å²) in [5, 5.41) is 13.8. The molecule has 1 unspecified atom stereocenters. The summed E-state index contributed by atoms with van der Waals surface area (Å²) in [7, 11) is 0. The van der Waals surface area contributed by atoms with Gasteiger partial charge in [0.2, 0.25) is 0 Å². The van der Waals surface area contributed by atoms with E-state index in [0.717, 1.165) is 36.1 Å². The number of amides is 1. The molecule has 2 fully saturated rings. The Hall–Kier alpha value is -2.73. The highest BCUT2D eigenvalue weighted by atomic mass is 16.6. The fourth-order valence-electron chi connectivity index (χ4n) is 4.72. The number of anilines is 1. The van der Waals surface area contributed by atoms with Crippen LogP contribution in [0.25, 0.3) is 11.1 Å². The van der Waals surface area contributed by atoms with Gasteiger partial charge in [-0.1, -0.05) is 37.8 Å². The van der Waals surface area contributed by atoms with Crippen molar-refractivity contribution in [3.05, 3.63) is 58.6 Å². The number of carbonyl (C=O) groups excluding carboxylic acids is 1. The van der Waals surface area contributed by atoms with Gasteiger partial charge in [0.05, 0.1) is 4.92 Å². The number of non-ortho nitro benzene ring substituents is 1. The molecule has 6 nitrogen and oxygen atoms in total. The normalized spacial score (nSPS) is 20.9. The molecular formula is C23H26N2O4. The topological polar surface area (TPSA) is 81.5 Å². The maximum Gasteiger partial charge on any atom is 0.269 e. The predicted molar refractivity (Wildman–Crippen MR) is 112 cm³/mol. The highest BCUT2D eigenvalue weighted by molar-refractivity contribution is 5.95. The number of ether oxygens (including phenoxy) is 1. The van der Waals surface area contributed by atoms with E-state index in [2.05, 4.69) is 5.32 Å². The van der Waals surface area contributed by atoms with Crippen LogP contribution in [0.1, 0.15) is 44.9 Å². The average Bonchev–Trinajstić information content (AvgIpc) is 3.00. The summed E-state index contributed by atoms with van der Waals surface area (Å²) in [4.78, 5) is 23.3. The predicted octanol–water partition coefficient (Wildman–Crippen LogP) is 5.33. The third-order valence-electron chi connectivity index (χ3n) is 6.34. The first kappa shape index (κ1) is 19.6. The molecular weight excluding hydrogens is 368 g/mol. The molecule has 0 bridgehead atoms. The molecule has 0 aromatic heterocycles. The first-order chi connectivity index (χ1) is 14.1. The molecule has 2 aliphatic rings. The zero-order chi connectivity index (χ0) is 20.3. The van der Waals surface area contributed by atoms with Gasteiger partial charge in [0.15, 0.2) is 0 Å². The van der Waals surface area contributed by atoms with Gasteiger partial charge in [0.1, 0.15) is 6.10 Å². The van der Waals surface area contributed by atoms with Crippen LogP contribution in [0.15, 0.2) is 48.5 Å². The molecule has 1 aliphatic carbocycles. The fourth-order valence-corrected chi connectivity index (χ4v) is 4.72. The van der Waals surface area contributed by atoms with Crippen LogP contribution in [-0.2, 0) is 9.53 Å². The van der Waals surface area contributed by atoms with Crippen LogP contribution in [0, 0.1) is 15.5 Å². The second-order valence-electron chi connectivity index (χ2n) is 8.15. The molecule has 6 heteroatoms. The highest BCUT2D eigenvalue weighted by Crippen LogP contribution is 2.46. The minimum atomic E-state index is -0.408. The van der Waals surface area contributed by atoms with E-state index in [1.165, 1.54) is 37.8 Å². The standard InChI is InChI=1S/C23H26N2O4/c26-22(21-23(15-16-29-21)13-3-1-2-4-14-23)24-19-9-5-17(6-10-19)18-7-11-20(12-8-18)25(27)28/h5-12,21H,1-4,13-16H2,(H,24,26). The lowest BCUT2D eigenvalue weighted by Crippen LogP contribution is -2.40. The molecule has 152 valence electrons. The Kier molecular flexibility index (Phi) is 5.62. The zero-order valence-corrected chi connectivity index (χ0v) is 16.4. The maximum absolute atomic E-state index is 13.0. The number of nitro groups is 1. The van der Waals surface area contributed by atoms with Crippen molar-refractivity contribution < 1.29 is 14.5 Å². The Morgan fingerprint density at radius 2 is 1.52 bits per heavy atom. The number of hydrogen-bond donors (Lipinski definition) is 1. The third kappa shape index (κ3) is 4.17. The molecule has 2 aromatic carbocycles. The summed E-state index contributed by atoms with van der Waals surface area (Å²) >= 11 is 0. The lowest BCUT2D eigenvalue weighted by molar-refractivity contribution is -0.384. The molecule has 2 aromatic rings. The van der Waals surface area contributed by atoms with Crippen molar-refractivity contribution in [2.45, 2.75) is 51.0 Å². The molecule has 4 rings (SSSR count). The van der Waals surface area contributed by atoms with Crippen molar-refractivity contribution in [3.63, 3.8) is 0 Å². The Morgan fingerprint density at radius 1 is 0.931 bits per heavy atom. The van der Waals surface area contributed by atoms with E-state index in [1.807, 2.05) is 24.3 Å². The van der Waals surface area contributed by atoms with Crippen molar-refractivity contribution >= 4 is 17.3 Å². The number of rotatable bonds is 4. The van der Waals surface area contributed by atoms with E-state index in [-0.39, 0.29) is 23.1 Å². The van der Waals surface area contributed by atoms with Crippen molar-refractivity contribution in [3.8, 4) is 11.1 Å². The Labute approximate surface area is 170 Å². The second-order valence-corrected chi connectivity index (χ2v) is 8.15. The Balaban J connectivity index is 1.44. The SMILES string of the molecule is O=C(Nc1ccc(-c2ccc([N+](=O)[O-])cc2)cc1)C1OCCC12CCCCCC2. The molecule has 1 heterocycles. The van der Waals surface area contributed by atoms with Crippen LogP contribution in [0.5, 0.6) is 0 Å². The third-order valence-corrected chi connectivity index (χ3v) is 6.34. The van der Waals surface area contributed by atoms with E-state index in [9.17, 15) is 14.9 Å². The van der Waals surface area contributed by atoms with Crippen LogP contribution >= 0.6 is 0 Å². The summed E-state index contributed by atoms with van der Waals surface area (Å²) in [6.07, 6.45) is 7.61. The summed E-state index contributed by atoms with van der Waals surface area (Å²) in [6, 6.07) is 14.0. The van der Waals surface area contributed by atoms with E-state index < -0.39 is 4.92 Å². The molecule has 1 atom stereocenters. The number of nitrogens with one attached hydrogen (secondary N) is 1. The molecule has 1 spiro atoms. The van der Waals surface area contributed by atoms with E-state index in [4.69, 9.17) is 4.74 Å². The van der Waals surface area contributed by atoms with Gasteiger partial charge < -0.3 is 10.1 Å². The van der Waals surface area contributed by atoms with E-state index in [0.29, 0.717) is 6.61 Å². The van der Waals surface area contributed by atoms with Gasteiger partial charge in [-0.3, -0.25) is 14.9 Å². The maximum atomic E-state index is 13.0. The van der Waals surface area contributed by atoms with Crippen LogP contribution in [-0.4, -0.2) is 23.5 Å². The van der Waals surface area contributed by atoms with Crippen molar-refractivity contribution in [1.29, 1.82) is 0 Å². The number of nitrogens with zero attached hydrogens (tertiary/aromatic N) is 1. The van der Waals surface area contributed by atoms with Crippen LogP contribution in [0.2, 0.25) is 0 Å². The quantitative estimate of drug-likeness (QED) is 0.561. The van der Waals surface area contributed by atoms with Crippen molar-refractivity contribution in [1.82, 2.24) is 0 Å². The fraction of sp³-hybridized carbons (Fsp3) is 0.435. The van der Waals surface area contributed by atoms with Crippen molar-refractivity contribution in [2.24, 2.45) is 5.41 Å². The Bertz CT molecular complexity index is 869. The molecule has 0 radical (unpaired) electrons. The molecule has 29 heavy (non-hydrogen) atoms. The second kappa shape index (κ2) is 8.33. The first-order valence-electron chi connectivity index (χ1n) is 10.3. The van der Waals surface area contributed by atoms with E-state index >= 15 is 0 Å². The smallest absolute Gasteiger partial charge is 0.269 e. The van der Waals surface area contributed by atoms with Gasteiger partial charge in [-0.15, -0.1) is 0 Å². The highest BCUT2D eigenvalue weighted by Gasteiger charge is 2.47. The van der Waals surface area contributed by atoms with Gasteiger partial charge in [0, 0.05) is 29.8 Å². The van der Waals surface area contributed by atoms with Gasteiger partial charge >= 0.3 is 0 Å². The lowest BCUT2D eigenvalue weighted by Gasteiger charge is -2.32. The van der Waals surface area contributed by atoms with Crippen LogP contribution < -0.4 is 5.32 Å². The number of nitro benzene ring substituents is 1. The summed E-state index contributed by atoms with van der Waals surface area (Å²) in [6.45, 7) is 0.664. The number of carbonyl (C=O) groups is 1. The molecule has 1 N–H and O–H groups in total. The molecule has 1 aliphatic heterocycles. The van der Waals surface area contributed by atoms with E-state index in [1.54, 1.807) is 12.1 Å². The molecule has 1 saturated heterocycles. The number of benzene rings is 2. The molecule has 1 amide bonds. The van der Waals surface area contributed by atoms with Gasteiger partial charge in [-0.2, -0.15) is 0 Å². The average molecular weight is 394 g/mol. The Morgan fingerprint density at radius 3 is 2.10 bits per heavy atom. The summed E-state index contributed by atoms with van der Waals surface area (Å²) < 4.78 is 5.89. The minimum Gasteiger partial charge on any atom is -0.368 e. The zero-order valence-electron chi connectivity index (χ0n) is 16.4. The largest absolute Gasteiger partial charge is 0.368 e. The van der Waals surface area contributed by atoms with Crippen LogP contribution in [0.4, 0.5) is 11.4 Å². The van der Waals surface area contributed by atoms with Gasteiger partial charge in [-0.25, -0.2) is 0 Å². The van der Waals surface area contributed by atoms with Gasteiger partial charge in [0.25, 0.3) is 11.6 Å². The monoisotopic (exact) mass is 394 g/mol.